The summed E-state index contributed by atoms with van der Waals surface area (Å²) in [7, 11) is 3.64. The molecule has 1 aromatic rings. The Morgan fingerprint density at radius 3 is 3.00 bits per heavy atom. The molecule has 1 unspecified atom stereocenters. The van der Waals surface area contributed by atoms with Crippen LogP contribution in [0, 0.1) is 6.92 Å². The molecule has 1 aliphatic heterocycles. The highest BCUT2D eigenvalue weighted by Gasteiger charge is 2.23. The molecule has 18 heavy (non-hydrogen) atoms. The van der Waals surface area contributed by atoms with E-state index in [1.54, 1.807) is 7.11 Å². The van der Waals surface area contributed by atoms with E-state index in [4.69, 9.17) is 4.74 Å². The van der Waals surface area contributed by atoms with Crippen LogP contribution in [-0.2, 0) is 0 Å². The molecule has 1 aromatic heterocycles. The van der Waals surface area contributed by atoms with Gasteiger partial charge in [0.25, 0.3) is 0 Å². The lowest BCUT2D eigenvalue weighted by Crippen LogP contribution is -2.45. The predicted molar refractivity (Wildman–Crippen MR) is 72.2 cm³/mol. The van der Waals surface area contributed by atoms with Crippen LogP contribution in [0.2, 0.25) is 0 Å². The maximum Gasteiger partial charge on any atom is 0.218 e. The summed E-state index contributed by atoms with van der Waals surface area (Å²) in [5, 5.41) is 3.26. The van der Waals surface area contributed by atoms with Gasteiger partial charge in [0.1, 0.15) is 11.6 Å². The summed E-state index contributed by atoms with van der Waals surface area (Å²) in [6.07, 6.45) is 3.74. The molecule has 5 nitrogen and oxygen atoms in total. The van der Waals surface area contributed by atoms with E-state index in [2.05, 4.69) is 20.2 Å². The minimum atomic E-state index is 0.516. The van der Waals surface area contributed by atoms with E-state index < -0.39 is 0 Å². The number of nitrogens with zero attached hydrogens (tertiary/aromatic N) is 3. The number of hydrogen-bond donors (Lipinski definition) is 1. The van der Waals surface area contributed by atoms with Crippen molar-refractivity contribution in [2.24, 2.45) is 0 Å². The first-order valence-electron chi connectivity index (χ1n) is 6.55. The summed E-state index contributed by atoms with van der Waals surface area (Å²) in [5.41, 5.74) is 0. The zero-order valence-corrected chi connectivity index (χ0v) is 11.4. The van der Waals surface area contributed by atoms with Crippen molar-refractivity contribution in [3.05, 3.63) is 11.9 Å². The molecule has 0 aromatic carbocycles. The van der Waals surface area contributed by atoms with Crippen LogP contribution in [0.1, 0.15) is 25.1 Å². The Kier molecular flexibility index (Phi) is 4.36. The van der Waals surface area contributed by atoms with Crippen LogP contribution >= 0.6 is 0 Å². The second-order valence-electron chi connectivity index (χ2n) is 4.72. The van der Waals surface area contributed by atoms with Crippen LogP contribution < -0.4 is 15.0 Å². The summed E-state index contributed by atoms with van der Waals surface area (Å²) < 4.78 is 5.23. The Balaban J connectivity index is 2.24. The van der Waals surface area contributed by atoms with Gasteiger partial charge in [0, 0.05) is 25.2 Å². The largest absolute Gasteiger partial charge is 0.481 e. The molecule has 0 spiro atoms. The number of aryl methyl sites for hydroxylation is 1. The number of ether oxygens (including phenoxy) is 1. The van der Waals surface area contributed by atoms with Crippen molar-refractivity contribution in [2.45, 2.75) is 32.2 Å². The monoisotopic (exact) mass is 250 g/mol. The first-order chi connectivity index (χ1) is 8.74. The van der Waals surface area contributed by atoms with E-state index in [1.165, 1.54) is 19.3 Å². The number of hydrogen-bond acceptors (Lipinski definition) is 5. The molecule has 2 rings (SSSR count). The molecule has 2 heterocycles. The molecule has 1 atom stereocenters. The van der Waals surface area contributed by atoms with Crippen LogP contribution in [0.15, 0.2) is 6.07 Å². The number of methoxy groups -OCH3 is 1. The van der Waals surface area contributed by atoms with Crippen LogP contribution in [0.3, 0.4) is 0 Å². The third-order valence-electron chi connectivity index (χ3n) is 3.37. The van der Waals surface area contributed by atoms with Crippen LogP contribution in [-0.4, -0.2) is 43.3 Å². The fourth-order valence-corrected chi connectivity index (χ4v) is 2.53. The maximum absolute atomic E-state index is 5.23. The Morgan fingerprint density at radius 1 is 1.44 bits per heavy atom. The first-order valence-corrected chi connectivity index (χ1v) is 6.55. The summed E-state index contributed by atoms with van der Waals surface area (Å²) >= 11 is 0. The van der Waals surface area contributed by atoms with Gasteiger partial charge < -0.3 is 15.0 Å². The van der Waals surface area contributed by atoms with Crippen molar-refractivity contribution in [3.63, 3.8) is 0 Å². The molecule has 5 heteroatoms. The van der Waals surface area contributed by atoms with Gasteiger partial charge in [0.15, 0.2) is 0 Å². The van der Waals surface area contributed by atoms with E-state index in [1.807, 2.05) is 20.0 Å². The SMILES string of the molecule is CNCC1CCCCN1c1cc(OC)nc(C)n1. The highest BCUT2D eigenvalue weighted by atomic mass is 16.5. The average molecular weight is 250 g/mol. The summed E-state index contributed by atoms with van der Waals surface area (Å²) in [6, 6.07) is 2.45. The van der Waals surface area contributed by atoms with E-state index >= 15 is 0 Å². The second kappa shape index (κ2) is 6.00. The molecule has 1 N–H and O–H groups in total. The van der Waals surface area contributed by atoms with Gasteiger partial charge in [-0.15, -0.1) is 0 Å². The molecule has 0 amide bonds. The van der Waals surface area contributed by atoms with Gasteiger partial charge in [0.05, 0.1) is 7.11 Å². The molecule has 1 fully saturated rings. The van der Waals surface area contributed by atoms with Gasteiger partial charge in [-0.05, 0) is 33.2 Å². The van der Waals surface area contributed by atoms with Crippen molar-refractivity contribution in [1.29, 1.82) is 0 Å². The van der Waals surface area contributed by atoms with Gasteiger partial charge in [-0.25, -0.2) is 4.98 Å². The van der Waals surface area contributed by atoms with Gasteiger partial charge >= 0.3 is 0 Å². The van der Waals surface area contributed by atoms with E-state index in [-0.39, 0.29) is 0 Å². The van der Waals surface area contributed by atoms with E-state index in [0.29, 0.717) is 11.9 Å². The zero-order chi connectivity index (χ0) is 13.0. The van der Waals surface area contributed by atoms with E-state index in [0.717, 1.165) is 24.7 Å². The maximum atomic E-state index is 5.23. The average Bonchev–Trinajstić information content (AvgIpc) is 2.39. The van der Waals surface area contributed by atoms with Crippen molar-refractivity contribution < 1.29 is 4.74 Å². The third kappa shape index (κ3) is 2.90. The number of likely N-dealkylation sites (N-methyl/N-ethyl adjacent to an activating group) is 1. The summed E-state index contributed by atoms with van der Waals surface area (Å²) in [4.78, 5) is 11.2. The molecular weight excluding hydrogens is 228 g/mol. The summed E-state index contributed by atoms with van der Waals surface area (Å²) in [6.45, 7) is 3.96. The van der Waals surface area contributed by atoms with Crippen LogP contribution in [0.4, 0.5) is 5.82 Å². The van der Waals surface area contributed by atoms with Crippen molar-refractivity contribution in [3.8, 4) is 5.88 Å². The third-order valence-corrected chi connectivity index (χ3v) is 3.37. The first kappa shape index (κ1) is 13.1. The molecule has 0 saturated carbocycles. The molecule has 1 aliphatic rings. The van der Waals surface area contributed by atoms with Gasteiger partial charge in [-0.3, -0.25) is 0 Å². The Bertz CT molecular complexity index is 395. The number of nitrogens with one attached hydrogen (secondary N) is 1. The van der Waals surface area contributed by atoms with Gasteiger partial charge in [-0.1, -0.05) is 0 Å². The fourth-order valence-electron chi connectivity index (χ4n) is 2.53. The quantitative estimate of drug-likeness (QED) is 0.874. The standard InChI is InChI=1S/C13H22N4O/c1-10-15-12(8-13(16-10)18-3)17-7-5-4-6-11(17)9-14-2/h8,11,14H,4-7,9H2,1-3H3. The smallest absolute Gasteiger partial charge is 0.218 e. The molecule has 0 bridgehead atoms. The highest BCUT2D eigenvalue weighted by molar-refractivity contribution is 5.43. The second-order valence-corrected chi connectivity index (χ2v) is 4.72. The van der Waals surface area contributed by atoms with Crippen molar-refractivity contribution in [2.75, 3.05) is 32.1 Å². The Labute approximate surface area is 109 Å². The molecule has 100 valence electrons. The highest BCUT2D eigenvalue weighted by Crippen LogP contribution is 2.25. The summed E-state index contributed by atoms with van der Waals surface area (Å²) in [5.74, 6) is 2.39. The van der Waals surface area contributed by atoms with Crippen molar-refractivity contribution >= 4 is 5.82 Å². The minimum absolute atomic E-state index is 0.516. The zero-order valence-electron chi connectivity index (χ0n) is 11.4. The van der Waals surface area contributed by atoms with E-state index in [9.17, 15) is 0 Å². The van der Waals surface area contributed by atoms with Crippen LogP contribution in [0.5, 0.6) is 5.88 Å². The molecular formula is C13H22N4O. The number of anilines is 1. The Morgan fingerprint density at radius 2 is 2.28 bits per heavy atom. The Hall–Kier alpha value is -1.36. The van der Waals surface area contributed by atoms with Crippen molar-refractivity contribution in [1.82, 2.24) is 15.3 Å². The number of piperidine rings is 1. The topological polar surface area (TPSA) is 50.3 Å². The van der Waals surface area contributed by atoms with Gasteiger partial charge in [-0.2, -0.15) is 4.98 Å². The van der Waals surface area contributed by atoms with Gasteiger partial charge in [0.2, 0.25) is 5.88 Å². The molecule has 0 aliphatic carbocycles. The normalized spacial score (nSPS) is 19.9. The lowest BCUT2D eigenvalue weighted by atomic mass is 10.0. The lowest BCUT2D eigenvalue weighted by molar-refractivity contribution is 0.393. The fraction of sp³-hybridized carbons (Fsp3) is 0.692. The number of rotatable bonds is 4. The number of aromatic nitrogens is 2. The minimum Gasteiger partial charge on any atom is -0.481 e. The molecule has 1 saturated heterocycles. The molecule has 0 radical (unpaired) electrons. The predicted octanol–water partition coefficient (Wildman–Crippen LogP) is 1.37. The van der Waals surface area contributed by atoms with Crippen LogP contribution in [0.25, 0.3) is 0 Å². The lowest BCUT2D eigenvalue weighted by Gasteiger charge is -2.36.